The Morgan fingerprint density at radius 3 is 2.43 bits per heavy atom. The SMILES string of the molecule is CC(=NNC(N)=S)c1ccc(OCc2ccccc2)cc1. The molecule has 0 radical (unpaired) electrons. The topological polar surface area (TPSA) is 59.6 Å². The van der Waals surface area contributed by atoms with Gasteiger partial charge in [0.1, 0.15) is 12.4 Å². The Bertz CT molecular complexity index is 624. The summed E-state index contributed by atoms with van der Waals surface area (Å²) in [6.45, 7) is 2.43. The Kier molecular flexibility index (Phi) is 5.29. The standard InChI is InChI=1S/C16H17N3OS/c1-12(18-19-16(17)21)14-7-9-15(10-8-14)20-11-13-5-3-2-4-6-13/h2-10H,11H2,1H3,(H3,17,19,21). The summed E-state index contributed by atoms with van der Waals surface area (Å²) in [4.78, 5) is 0. The molecule has 0 aliphatic carbocycles. The van der Waals surface area contributed by atoms with Crippen molar-refractivity contribution >= 4 is 23.0 Å². The first kappa shape index (κ1) is 15.0. The quantitative estimate of drug-likeness (QED) is 0.506. The van der Waals surface area contributed by atoms with Crippen LogP contribution in [0.5, 0.6) is 5.75 Å². The fraction of sp³-hybridized carbons (Fsp3) is 0.125. The van der Waals surface area contributed by atoms with E-state index >= 15 is 0 Å². The van der Waals surface area contributed by atoms with Crippen LogP contribution < -0.4 is 15.9 Å². The average molecular weight is 299 g/mol. The van der Waals surface area contributed by atoms with Crippen LogP contribution >= 0.6 is 12.2 Å². The molecule has 0 bridgehead atoms. The first-order valence-electron chi connectivity index (χ1n) is 6.52. The van der Waals surface area contributed by atoms with Gasteiger partial charge in [-0.3, -0.25) is 5.43 Å². The van der Waals surface area contributed by atoms with Crippen LogP contribution in [0.1, 0.15) is 18.1 Å². The van der Waals surface area contributed by atoms with Gasteiger partial charge in [0.2, 0.25) is 0 Å². The molecule has 0 saturated heterocycles. The molecule has 0 fully saturated rings. The summed E-state index contributed by atoms with van der Waals surface area (Å²) in [5, 5.41) is 4.23. The lowest BCUT2D eigenvalue weighted by molar-refractivity contribution is 0.306. The zero-order chi connectivity index (χ0) is 15.1. The molecule has 2 aromatic carbocycles. The predicted octanol–water partition coefficient (Wildman–Crippen LogP) is 2.82. The summed E-state index contributed by atoms with van der Waals surface area (Å²) in [6, 6.07) is 17.8. The normalized spacial score (nSPS) is 11.0. The van der Waals surface area contributed by atoms with Gasteiger partial charge in [-0.05, 0) is 54.5 Å². The Morgan fingerprint density at radius 1 is 1.14 bits per heavy atom. The smallest absolute Gasteiger partial charge is 0.184 e. The maximum Gasteiger partial charge on any atom is 0.184 e. The van der Waals surface area contributed by atoms with Gasteiger partial charge in [-0.25, -0.2) is 0 Å². The third kappa shape index (κ3) is 4.89. The number of nitrogens with one attached hydrogen (secondary N) is 1. The molecule has 108 valence electrons. The molecule has 0 aromatic heterocycles. The number of nitrogens with zero attached hydrogens (tertiary/aromatic N) is 1. The summed E-state index contributed by atoms with van der Waals surface area (Å²) < 4.78 is 5.73. The highest BCUT2D eigenvalue weighted by atomic mass is 32.1. The number of ether oxygens (including phenoxy) is 1. The van der Waals surface area contributed by atoms with Crippen molar-refractivity contribution in [3.8, 4) is 5.75 Å². The van der Waals surface area contributed by atoms with E-state index in [1.807, 2.05) is 61.5 Å². The second kappa shape index (κ2) is 7.40. The molecule has 5 heteroatoms. The van der Waals surface area contributed by atoms with Gasteiger partial charge in [-0.15, -0.1) is 0 Å². The fourth-order valence-electron chi connectivity index (χ4n) is 1.74. The first-order chi connectivity index (χ1) is 10.1. The molecule has 0 amide bonds. The Balaban J connectivity index is 1.96. The number of benzene rings is 2. The van der Waals surface area contributed by atoms with E-state index in [0.29, 0.717) is 6.61 Å². The molecule has 21 heavy (non-hydrogen) atoms. The Hall–Kier alpha value is -2.40. The van der Waals surface area contributed by atoms with E-state index in [-0.39, 0.29) is 5.11 Å². The fourth-order valence-corrected chi connectivity index (χ4v) is 1.78. The van der Waals surface area contributed by atoms with Crippen molar-refractivity contribution in [2.75, 3.05) is 0 Å². The molecule has 0 heterocycles. The number of rotatable bonds is 5. The van der Waals surface area contributed by atoms with Crippen molar-refractivity contribution in [2.45, 2.75) is 13.5 Å². The summed E-state index contributed by atoms with van der Waals surface area (Å²) in [6.07, 6.45) is 0. The van der Waals surface area contributed by atoms with Gasteiger partial charge in [-0.1, -0.05) is 30.3 Å². The lowest BCUT2D eigenvalue weighted by Crippen LogP contribution is -2.25. The zero-order valence-electron chi connectivity index (χ0n) is 11.7. The van der Waals surface area contributed by atoms with Crippen LogP contribution in [0.25, 0.3) is 0 Å². The van der Waals surface area contributed by atoms with Gasteiger partial charge < -0.3 is 10.5 Å². The highest BCUT2D eigenvalue weighted by Gasteiger charge is 2.00. The molecule has 2 aromatic rings. The lowest BCUT2D eigenvalue weighted by atomic mass is 10.1. The third-order valence-corrected chi connectivity index (χ3v) is 2.95. The van der Waals surface area contributed by atoms with Gasteiger partial charge in [0.05, 0.1) is 5.71 Å². The number of thiocarbonyl (C=S) groups is 1. The van der Waals surface area contributed by atoms with Crippen LogP contribution in [0, 0.1) is 0 Å². The number of nitrogens with two attached hydrogens (primary N) is 1. The molecule has 3 N–H and O–H groups in total. The van der Waals surface area contributed by atoms with Gasteiger partial charge in [0.25, 0.3) is 0 Å². The second-order valence-corrected chi connectivity index (χ2v) is 4.91. The van der Waals surface area contributed by atoms with Crippen LogP contribution in [-0.2, 0) is 6.61 Å². The van der Waals surface area contributed by atoms with Crippen LogP contribution in [-0.4, -0.2) is 10.8 Å². The number of hydrogen-bond acceptors (Lipinski definition) is 3. The van der Waals surface area contributed by atoms with E-state index in [0.717, 1.165) is 22.6 Å². The molecular formula is C16H17N3OS. The summed E-state index contributed by atoms with van der Waals surface area (Å²) in [7, 11) is 0. The molecule has 2 rings (SSSR count). The van der Waals surface area contributed by atoms with E-state index in [1.165, 1.54) is 0 Å². The van der Waals surface area contributed by atoms with Crippen LogP contribution in [0.4, 0.5) is 0 Å². The molecule has 0 atom stereocenters. The second-order valence-electron chi connectivity index (χ2n) is 4.47. The minimum absolute atomic E-state index is 0.150. The summed E-state index contributed by atoms with van der Waals surface area (Å²) >= 11 is 4.71. The first-order valence-corrected chi connectivity index (χ1v) is 6.93. The Labute approximate surface area is 129 Å². The van der Waals surface area contributed by atoms with Gasteiger partial charge in [0, 0.05) is 0 Å². The van der Waals surface area contributed by atoms with Gasteiger partial charge in [-0.2, -0.15) is 5.10 Å². The van der Waals surface area contributed by atoms with Crippen molar-refractivity contribution in [1.29, 1.82) is 0 Å². The Morgan fingerprint density at radius 2 is 1.81 bits per heavy atom. The maximum absolute atomic E-state index is 5.73. The largest absolute Gasteiger partial charge is 0.489 e. The van der Waals surface area contributed by atoms with Crippen molar-refractivity contribution in [3.63, 3.8) is 0 Å². The van der Waals surface area contributed by atoms with E-state index in [4.69, 9.17) is 22.7 Å². The molecule has 0 saturated carbocycles. The zero-order valence-corrected chi connectivity index (χ0v) is 12.6. The molecule has 0 spiro atoms. The van der Waals surface area contributed by atoms with Crippen molar-refractivity contribution in [3.05, 3.63) is 65.7 Å². The minimum Gasteiger partial charge on any atom is -0.489 e. The molecule has 0 aliphatic rings. The van der Waals surface area contributed by atoms with E-state index in [1.54, 1.807) is 0 Å². The molecule has 0 unspecified atom stereocenters. The van der Waals surface area contributed by atoms with Crippen molar-refractivity contribution in [1.82, 2.24) is 5.43 Å². The molecular weight excluding hydrogens is 282 g/mol. The molecule has 4 nitrogen and oxygen atoms in total. The van der Waals surface area contributed by atoms with Gasteiger partial charge >= 0.3 is 0 Å². The number of hydrazone groups is 1. The monoisotopic (exact) mass is 299 g/mol. The maximum atomic E-state index is 5.73. The summed E-state index contributed by atoms with van der Waals surface area (Å²) in [5.74, 6) is 0.817. The van der Waals surface area contributed by atoms with Crippen molar-refractivity contribution < 1.29 is 4.74 Å². The number of hydrogen-bond donors (Lipinski definition) is 2. The van der Waals surface area contributed by atoms with Crippen LogP contribution in [0.15, 0.2) is 59.7 Å². The van der Waals surface area contributed by atoms with E-state index < -0.39 is 0 Å². The predicted molar refractivity (Wildman–Crippen MR) is 89.3 cm³/mol. The molecule has 0 aliphatic heterocycles. The van der Waals surface area contributed by atoms with Gasteiger partial charge in [0.15, 0.2) is 5.11 Å². The minimum atomic E-state index is 0.150. The lowest BCUT2D eigenvalue weighted by Gasteiger charge is -2.07. The van der Waals surface area contributed by atoms with E-state index in [2.05, 4.69) is 10.5 Å². The third-order valence-electron chi connectivity index (χ3n) is 2.85. The van der Waals surface area contributed by atoms with Crippen molar-refractivity contribution in [2.24, 2.45) is 10.8 Å². The average Bonchev–Trinajstić information content (AvgIpc) is 2.52. The highest BCUT2D eigenvalue weighted by molar-refractivity contribution is 7.80. The van der Waals surface area contributed by atoms with Crippen LogP contribution in [0.2, 0.25) is 0 Å². The highest BCUT2D eigenvalue weighted by Crippen LogP contribution is 2.14. The summed E-state index contributed by atoms with van der Waals surface area (Å²) in [5.41, 5.74) is 10.8. The van der Waals surface area contributed by atoms with Crippen LogP contribution in [0.3, 0.4) is 0 Å². The van der Waals surface area contributed by atoms with E-state index in [9.17, 15) is 0 Å².